The minimum absolute atomic E-state index is 0.0735. The highest BCUT2D eigenvalue weighted by atomic mass is 19.1. The summed E-state index contributed by atoms with van der Waals surface area (Å²) in [4.78, 5) is 19.8. The second-order valence-electron chi connectivity index (χ2n) is 7.55. The second kappa shape index (κ2) is 9.21. The van der Waals surface area contributed by atoms with Crippen molar-refractivity contribution in [3.63, 3.8) is 0 Å². The van der Waals surface area contributed by atoms with E-state index in [1.807, 2.05) is 13.8 Å². The molecular weight excluding hydrogens is 379 g/mol. The van der Waals surface area contributed by atoms with Gasteiger partial charge < -0.3 is 19.3 Å². The standard InChI is InChI=1S/C20H27FN4O4/c1-13(2)18-22-20(29-23-18)25-9-7-24(8-10-25)14(3)6-11-28-17-5-4-15(19(26)27)12-16(17)21/h4-5,12-14H,6-11H2,1-3H3,(H,26,27). The van der Waals surface area contributed by atoms with Crippen molar-refractivity contribution in [1.82, 2.24) is 15.0 Å². The minimum Gasteiger partial charge on any atom is -0.490 e. The SMILES string of the molecule is CC(C)c1noc(N2CCN(C(C)CCOc3ccc(C(=O)O)cc3F)CC2)n1. The van der Waals surface area contributed by atoms with Crippen LogP contribution in [0.4, 0.5) is 10.4 Å². The topological polar surface area (TPSA) is 91.9 Å². The molecule has 0 aliphatic carbocycles. The number of nitrogens with zero attached hydrogens (tertiary/aromatic N) is 4. The molecule has 1 atom stereocenters. The van der Waals surface area contributed by atoms with Gasteiger partial charge in [-0.05, 0) is 31.5 Å². The Bertz CT molecular complexity index is 834. The summed E-state index contributed by atoms with van der Waals surface area (Å²) in [5.41, 5.74) is -0.0946. The molecule has 158 valence electrons. The molecule has 0 radical (unpaired) electrons. The summed E-state index contributed by atoms with van der Waals surface area (Å²) in [6, 6.07) is 4.52. The van der Waals surface area contributed by atoms with Crippen LogP contribution >= 0.6 is 0 Å². The number of aromatic carboxylic acids is 1. The molecule has 0 bridgehead atoms. The van der Waals surface area contributed by atoms with Gasteiger partial charge in [-0.25, -0.2) is 9.18 Å². The number of carbonyl (C=O) groups is 1. The van der Waals surface area contributed by atoms with Crippen LogP contribution in [-0.4, -0.2) is 64.9 Å². The fourth-order valence-electron chi connectivity index (χ4n) is 3.22. The smallest absolute Gasteiger partial charge is 0.335 e. The van der Waals surface area contributed by atoms with Crippen LogP contribution < -0.4 is 9.64 Å². The highest BCUT2D eigenvalue weighted by Gasteiger charge is 2.24. The van der Waals surface area contributed by atoms with Crippen LogP contribution in [0.2, 0.25) is 0 Å². The van der Waals surface area contributed by atoms with E-state index in [0.717, 1.165) is 44.5 Å². The Hall–Kier alpha value is -2.68. The predicted molar refractivity (Wildman–Crippen MR) is 105 cm³/mol. The van der Waals surface area contributed by atoms with Crippen LogP contribution in [0.5, 0.6) is 5.75 Å². The van der Waals surface area contributed by atoms with Crippen LogP contribution in [0, 0.1) is 5.82 Å². The van der Waals surface area contributed by atoms with E-state index in [9.17, 15) is 9.18 Å². The zero-order valence-electron chi connectivity index (χ0n) is 17.0. The van der Waals surface area contributed by atoms with E-state index in [-0.39, 0.29) is 23.3 Å². The van der Waals surface area contributed by atoms with E-state index < -0.39 is 11.8 Å². The number of benzene rings is 1. The minimum atomic E-state index is -1.16. The Kier molecular flexibility index (Phi) is 6.68. The van der Waals surface area contributed by atoms with Crippen molar-refractivity contribution in [2.45, 2.75) is 39.2 Å². The highest BCUT2D eigenvalue weighted by molar-refractivity contribution is 5.87. The number of carboxylic acid groups (broad SMARTS) is 1. The predicted octanol–water partition coefficient (Wildman–Crippen LogP) is 3.01. The van der Waals surface area contributed by atoms with E-state index in [4.69, 9.17) is 14.4 Å². The molecule has 9 heteroatoms. The van der Waals surface area contributed by atoms with Crippen molar-refractivity contribution in [2.24, 2.45) is 0 Å². The molecule has 1 saturated heterocycles. The third kappa shape index (κ3) is 5.23. The molecule has 29 heavy (non-hydrogen) atoms. The number of hydrogen-bond acceptors (Lipinski definition) is 7. The number of ether oxygens (including phenoxy) is 1. The maximum atomic E-state index is 13.9. The third-order valence-electron chi connectivity index (χ3n) is 5.13. The normalized spacial score (nSPS) is 16.2. The lowest BCUT2D eigenvalue weighted by molar-refractivity contribution is 0.0696. The van der Waals surface area contributed by atoms with Gasteiger partial charge in [0.15, 0.2) is 17.4 Å². The summed E-state index contributed by atoms with van der Waals surface area (Å²) in [6.07, 6.45) is 0.734. The Morgan fingerprint density at radius 3 is 2.59 bits per heavy atom. The molecule has 2 heterocycles. The molecule has 0 saturated carbocycles. The quantitative estimate of drug-likeness (QED) is 0.715. The number of rotatable bonds is 8. The zero-order valence-corrected chi connectivity index (χ0v) is 17.0. The molecule has 3 rings (SSSR count). The molecule has 0 amide bonds. The van der Waals surface area contributed by atoms with Gasteiger partial charge in [-0.15, -0.1) is 0 Å². The molecule has 1 aromatic carbocycles. The lowest BCUT2D eigenvalue weighted by Gasteiger charge is -2.37. The van der Waals surface area contributed by atoms with Gasteiger partial charge in [0, 0.05) is 38.1 Å². The lowest BCUT2D eigenvalue weighted by Crippen LogP contribution is -2.50. The first-order valence-corrected chi connectivity index (χ1v) is 9.83. The first-order chi connectivity index (χ1) is 13.8. The lowest BCUT2D eigenvalue weighted by atomic mass is 10.2. The van der Waals surface area contributed by atoms with E-state index in [1.54, 1.807) is 0 Å². The van der Waals surface area contributed by atoms with Gasteiger partial charge in [-0.2, -0.15) is 4.98 Å². The number of halogens is 1. The summed E-state index contributed by atoms with van der Waals surface area (Å²) in [6.45, 7) is 9.86. The van der Waals surface area contributed by atoms with E-state index in [0.29, 0.717) is 12.6 Å². The maximum Gasteiger partial charge on any atom is 0.335 e. The van der Waals surface area contributed by atoms with Crippen LogP contribution in [-0.2, 0) is 0 Å². The molecule has 8 nitrogen and oxygen atoms in total. The highest BCUT2D eigenvalue weighted by Crippen LogP contribution is 2.21. The molecule has 1 fully saturated rings. The molecule has 1 aliphatic rings. The fraction of sp³-hybridized carbons (Fsp3) is 0.550. The fourth-order valence-corrected chi connectivity index (χ4v) is 3.22. The van der Waals surface area contributed by atoms with Gasteiger partial charge in [0.2, 0.25) is 0 Å². The summed E-state index contributed by atoms with van der Waals surface area (Å²) in [5, 5.41) is 12.9. The molecule has 1 unspecified atom stereocenters. The molecular formula is C20H27FN4O4. The van der Waals surface area contributed by atoms with Gasteiger partial charge >= 0.3 is 12.0 Å². The summed E-state index contributed by atoms with van der Waals surface area (Å²) < 4.78 is 24.8. The Labute approximate surface area is 169 Å². The number of piperazine rings is 1. The summed E-state index contributed by atoms with van der Waals surface area (Å²) in [7, 11) is 0. The van der Waals surface area contributed by atoms with Crippen molar-refractivity contribution in [3.8, 4) is 5.75 Å². The monoisotopic (exact) mass is 406 g/mol. The van der Waals surface area contributed by atoms with Crippen LogP contribution in [0.15, 0.2) is 22.7 Å². The Morgan fingerprint density at radius 1 is 1.28 bits per heavy atom. The van der Waals surface area contributed by atoms with Gasteiger partial charge in [0.05, 0.1) is 12.2 Å². The van der Waals surface area contributed by atoms with Crippen molar-refractivity contribution < 1.29 is 23.6 Å². The molecule has 1 aliphatic heterocycles. The summed E-state index contributed by atoms with van der Waals surface area (Å²) >= 11 is 0. The Morgan fingerprint density at radius 2 is 2.00 bits per heavy atom. The zero-order chi connectivity index (χ0) is 21.0. The van der Waals surface area contributed by atoms with Crippen molar-refractivity contribution in [2.75, 3.05) is 37.7 Å². The van der Waals surface area contributed by atoms with Crippen molar-refractivity contribution >= 4 is 12.0 Å². The van der Waals surface area contributed by atoms with E-state index >= 15 is 0 Å². The van der Waals surface area contributed by atoms with Gasteiger partial charge in [-0.3, -0.25) is 4.90 Å². The van der Waals surface area contributed by atoms with Crippen LogP contribution in [0.1, 0.15) is 49.3 Å². The van der Waals surface area contributed by atoms with Gasteiger partial charge in [0.25, 0.3) is 0 Å². The molecule has 0 spiro atoms. The first-order valence-electron chi connectivity index (χ1n) is 9.83. The Balaban J connectivity index is 1.44. The van der Waals surface area contributed by atoms with Crippen molar-refractivity contribution in [1.29, 1.82) is 0 Å². The second-order valence-corrected chi connectivity index (χ2v) is 7.55. The average Bonchev–Trinajstić information content (AvgIpc) is 3.19. The van der Waals surface area contributed by atoms with E-state index in [2.05, 4.69) is 26.9 Å². The molecule has 1 aromatic heterocycles. The third-order valence-corrected chi connectivity index (χ3v) is 5.13. The van der Waals surface area contributed by atoms with Gasteiger partial charge in [0.1, 0.15) is 0 Å². The van der Waals surface area contributed by atoms with Crippen LogP contribution in [0.3, 0.4) is 0 Å². The number of aromatic nitrogens is 2. The van der Waals surface area contributed by atoms with Gasteiger partial charge in [-0.1, -0.05) is 19.0 Å². The average molecular weight is 406 g/mol. The van der Waals surface area contributed by atoms with Crippen LogP contribution in [0.25, 0.3) is 0 Å². The first kappa shape index (κ1) is 21.0. The van der Waals surface area contributed by atoms with E-state index in [1.165, 1.54) is 12.1 Å². The number of carboxylic acids is 1. The summed E-state index contributed by atoms with van der Waals surface area (Å²) in [5.74, 6) is -0.796. The largest absolute Gasteiger partial charge is 0.490 e. The number of hydrogen-bond donors (Lipinski definition) is 1. The maximum absolute atomic E-state index is 13.9. The number of anilines is 1. The van der Waals surface area contributed by atoms with Crippen molar-refractivity contribution in [3.05, 3.63) is 35.4 Å². The molecule has 2 aromatic rings. The molecule has 1 N–H and O–H groups in total.